The predicted octanol–water partition coefficient (Wildman–Crippen LogP) is 4.21. The molecule has 144 valence electrons. The molecule has 0 amide bonds. The minimum Gasteiger partial charge on any atom is -0.478 e. The van der Waals surface area contributed by atoms with Gasteiger partial charge < -0.3 is 5.11 Å². The Morgan fingerprint density at radius 3 is 2.22 bits per heavy atom. The SMILES string of the molecule is CS(=O)(=O)N(C/C=C/c1cc(Cl)cc(Cl)c1)CCc1ccc(C(=O)O)cc1. The van der Waals surface area contributed by atoms with Crippen LogP contribution in [0.4, 0.5) is 0 Å². The lowest BCUT2D eigenvalue weighted by Gasteiger charge is -2.18. The first-order valence-corrected chi connectivity index (χ1v) is 10.7. The van der Waals surface area contributed by atoms with E-state index in [1.807, 2.05) is 0 Å². The van der Waals surface area contributed by atoms with E-state index in [4.69, 9.17) is 28.3 Å². The molecular weight excluding hydrogens is 409 g/mol. The lowest BCUT2D eigenvalue weighted by molar-refractivity contribution is 0.0697. The molecule has 27 heavy (non-hydrogen) atoms. The molecule has 0 saturated carbocycles. The summed E-state index contributed by atoms with van der Waals surface area (Å²) in [5.41, 5.74) is 1.84. The van der Waals surface area contributed by atoms with Crippen molar-refractivity contribution in [1.29, 1.82) is 0 Å². The fraction of sp³-hybridized carbons (Fsp3) is 0.211. The minimum atomic E-state index is -3.39. The smallest absolute Gasteiger partial charge is 0.335 e. The van der Waals surface area contributed by atoms with E-state index in [1.165, 1.54) is 16.4 Å². The maximum atomic E-state index is 12.0. The predicted molar refractivity (Wildman–Crippen MR) is 109 cm³/mol. The van der Waals surface area contributed by atoms with E-state index >= 15 is 0 Å². The number of rotatable bonds is 8. The highest BCUT2D eigenvalue weighted by Gasteiger charge is 2.15. The van der Waals surface area contributed by atoms with Crippen molar-refractivity contribution in [3.8, 4) is 0 Å². The molecule has 0 bridgehead atoms. The molecule has 8 heteroatoms. The average Bonchev–Trinajstić information content (AvgIpc) is 2.56. The second kappa shape index (κ2) is 9.37. The van der Waals surface area contributed by atoms with Crippen LogP contribution in [0.5, 0.6) is 0 Å². The van der Waals surface area contributed by atoms with Gasteiger partial charge >= 0.3 is 5.97 Å². The molecule has 0 heterocycles. The molecule has 2 aromatic rings. The van der Waals surface area contributed by atoms with Gasteiger partial charge in [-0.05, 0) is 47.9 Å². The molecule has 0 aliphatic carbocycles. The summed E-state index contributed by atoms with van der Waals surface area (Å²) in [6.07, 6.45) is 5.13. The number of carbonyl (C=O) groups is 1. The maximum absolute atomic E-state index is 12.0. The number of benzene rings is 2. The van der Waals surface area contributed by atoms with E-state index in [0.717, 1.165) is 17.4 Å². The Bertz CT molecular complexity index is 920. The minimum absolute atomic E-state index is 0.196. The molecule has 0 unspecified atom stereocenters. The third-order valence-electron chi connectivity index (χ3n) is 3.82. The van der Waals surface area contributed by atoms with Crippen molar-refractivity contribution in [2.45, 2.75) is 6.42 Å². The monoisotopic (exact) mass is 427 g/mol. The van der Waals surface area contributed by atoms with E-state index in [9.17, 15) is 13.2 Å². The first kappa shape index (κ1) is 21.4. The Morgan fingerprint density at radius 1 is 1.11 bits per heavy atom. The van der Waals surface area contributed by atoms with Crippen LogP contribution in [-0.2, 0) is 16.4 Å². The summed E-state index contributed by atoms with van der Waals surface area (Å²) < 4.78 is 25.4. The Balaban J connectivity index is 2.03. The van der Waals surface area contributed by atoms with Crippen molar-refractivity contribution in [3.05, 3.63) is 75.3 Å². The molecular formula is C19H19Cl2NO4S. The standard InChI is InChI=1S/C19H19Cl2NO4S/c1-27(25,26)22(9-2-3-15-11-17(20)13-18(21)12-15)10-8-14-4-6-16(7-5-14)19(23)24/h2-7,11-13H,8-10H2,1H3,(H,23,24)/b3-2+. The molecule has 2 aromatic carbocycles. The van der Waals surface area contributed by atoms with Gasteiger partial charge in [-0.3, -0.25) is 0 Å². The lowest BCUT2D eigenvalue weighted by atomic mass is 10.1. The zero-order valence-corrected chi connectivity index (χ0v) is 16.9. The molecule has 0 saturated heterocycles. The van der Waals surface area contributed by atoms with Crippen LogP contribution >= 0.6 is 23.2 Å². The molecule has 0 atom stereocenters. The molecule has 0 aliphatic heterocycles. The molecule has 5 nitrogen and oxygen atoms in total. The highest BCUT2D eigenvalue weighted by atomic mass is 35.5. The second-order valence-corrected chi connectivity index (χ2v) is 8.83. The molecule has 0 spiro atoms. The lowest BCUT2D eigenvalue weighted by Crippen LogP contribution is -2.32. The van der Waals surface area contributed by atoms with Crippen molar-refractivity contribution in [2.24, 2.45) is 0 Å². The zero-order valence-electron chi connectivity index (χ0n) is 14.6. The molecule has 2 rings (SSSR count). The fourth-order valence-electron chi connectivity index (χ4n) is 2.44. The summed E-state index contributed by atoms with van der Waals surface area (Å²) in [5.74, 6) is -0.995. The van der Waals surface area contributed by atoms with Crippen molar-refractivity contribution >= 4 is 45.3 Å². The summed E-state index contributed by atoms with van der Waals surface area (Å²) in [7, 11) is -3.39. The number of nitrogens with zero attached hydrogens (tertiary/aromatic N) is 1. The topological polar surface area (TPSA) is 74.7 Å². The summed E-state index contributed by atoms with van der Waals surface area (Å²) >= 11 is 11.9. The van der Waals surface area contributed by atoms with E-state index in [2.05, 4.69) is 0 Å². The highest BCUT2D eigenvalue weighted by Crippen LogP contribution is 2.20. The maximum Gasteiger partial charge on any atom is 0.335 e. The number of hydrogen-bond donors (Lipinski definition) is 1. The van der Waals surface area contributed by atoms with Crippen LogP contribution < -0.4 is 0 Å². The van der Waals surface area contributed by atoms with Crippen molar-refractivity contribution in [2.75, 3.05) is 19.3 Å². The van der Waals surface area contributed by atoms with E-state index in [0.29, 0.717) is 16.5 Å². The number of hydrogen-bond acceptors (Lipinski definition) is 3. The quantitative estimate of drug-likeness (QED) is 0.684. The average molecular weight is 428 g/mol. The fourth-order valence-corrected chi connectivity index (χ4v) is 3.76. The van der Waals surface area contributed by atoms with E-state index in [1.54, 1.807) is 42.5 Å². The zero-order chi connectivity index (χ0) is 20.0. The van der Waals surface area contributed by atoms with Crippen LogP contribution in [0.3, 0.4) is 0 Å². The number of aromatic carboxylic acids is 1. The number of halogens is 2. The summed E-state index contributed by atoms with van der Waals surface area (Å²) in [6, 6.07) is 11.5. The third kappa shape index (κ3) is 6.99. The Labute approximate surface area is 168 Å². The largest absolute Gasteiger partial charge is 0.478 e. The van der Waals surface area contributed by atoms with Gasteiger partial charge in [0.25, 0.3) is 0 Å². The van der Waals surface area contributed by atoms with Gasteiger partial charge in [0.05, 0.1) is 11.8 Å². The van der Waals surface area contributed by atoms with Gasteiger partial charge in [-0.25, -0.2) is 13.2 Å². The highest BCUT2D eigenvalue weighted by molar-refractivity contribution is 7.88. The summed E-state index contributed by atoms with van der Waals surface area (Å²) in [6.45, 7) is 0.488. The van der Waals surface area contributed by atoms with Crippen LogP contribution in [0.1, 0.15) is 21.5 Å². The van der Waals surface area contributed by atoms with Gasteiger partial charge in [-0.15, -0.1) is 0 Å². The van der Waals surface area contributed by atoms with Gasteiger partial charge in [0.1, 0.15) is 0 Å². The molecule has 0 aliphatic rings. The Kier molecular flexibility index (Phi) is 7.44. The van der Waals surface area contributed by atoms with Gasteiger partial charge in [-0.2, -0.15) is 4.31 Å². The van der Waals surface area contributed by atoms with Gasteiger partial charge in [-0.1, -0.05) is 47.5 Å². The number of carboxylic acid groups (broad SMARTS) is 1. The molecule has 0 fully saturated rings. The first-order chi connectivity index (χ1) is 12.6. The van der Waals surface area contributed by atoms with Crippen molar-refractivity contribution in [3.63, 3.8) is 0 Å². The van der Waals surface area contributed by atoms with Crippen LogP contribution in [0.25, 0.3) is 6.08 Å². The van der Waals surface area contributed by atoms with Crippen LogP contribution in [0.15, 0.2) is 48.5 Å². The van der Waals surface area contributed by atoms with Gasteiger partial charge in [0.15, 0.2) is 0 Å². The molecule has 0 aromatic heterocycles. The Hall–Kier alpha value is -1.86. The second-order valence-electron chi connectivity index (χ2n) is 5.98. The van der Waals surface area contributed by atoms with E-state index in [-0.39, 0.29) is 18.7 Å². The van der Waals surface area contributed by atoms with Crippen LogP contribution in [0.2, 0.25) is 10.0 Å². The van der Waals surface area contributed by atoms with Gasteiger partial charge in [0.2, 0.25) is 10.0 Å². The van der Waals surface area contributed by atoms with Crippen LogP contribution in [-0.4, -0.2) is 43.1 Å². The third-order valence-corrected chi connectivity index (χ3v) is 5.53. The molecule has 0 radical (unpaired) electrons. The molecule has 1 N–H and O–H groups in total. The number of sulfonamides is 1. The first-order valence-electron chi connectivity index (χ1n) is 8.05. The van der Waals surface area contributed by atoms with E-state index < -0.39 is 16.0 Å². The Morgan fingerprint density at radius 2 is 1.70 bits per heavy atom. The normalized spacial score (nSPS) is 12.0. The van der Waals surface area contributed by atoms with Crippen molar-refractivity contribution < 1.29 is 18.3 Å². The van der Waals surface area contributed by atoms with Crippen molar-refractivity contribution in [1.82, 2.24) is 4.31 Å². The van der Waals surface area contributed by atoms with Gasteiger partial charge in [0, 0.05) is 23.1 Å². The summed E-state index contributed by atoms with van der Waals surface area (Å²) in [4.78, 5) is 10.9. The number of carboxylic acids is 1. The van der Waals surface area contributed by atoms with Crippen LogP contribution in [0, 0.1) is 0 Å². The summed E-state index contributed by atoms with van der Waals surface area (Å²) in [5, 5.41) is 9.93.